The number of hydrogen-bond donors (Lipinski definition) is 1. The molecule has 0 atom stereocenters. The molecule has 1 aliphatic rings. The van der Waals surface area contributed by atoms with Crippen LogP contribution in [-0.4, -0.2) is 24.7 Å². The first-order chi connectivity index (χ1) is 15.6. The molecule has 1 saturated heterocycles. The van der Waals surface area contributed by atoms with E-state index in [1.54, 1.807) is 0 Å². The minimum atomic E-state index is -0.449. The molecule has 0 saturated carbocycles. The summed E-state index contributed by atoms with van der Waals surface area (Å²) in [5, 5.41) is 2.32. The number of ether oxygens (including phenoxy) is 1. The lowest BCUT2D eigenvalue weighted by Gasteiger charge is -2.34. The van der Waals surface area contributed by atoms with E-state index in [0.29, 0.717) is 5.92 Å². The van der Waals surface area contributed by atoms with Gasteiger partial charge in [0, 0.05) is 31.1 Å². The zero-order chi connectivity index (χ0) is 23.3. The van der Waals surface area contributed by atoms with E-state index in [-0.39, 0.29) is 0 Å². The number of esters is 1. The van der Waals surface area contributed by atoms with Crippen LogP contribution in [0, 0.1) is 29.6 Å². The molecule has 0 aromatic heterocycles. The first kappa shape index (κ1) is 28.6. The van der Waals surface area contributed by atoms with Crippen LogP contribution >= 0.6 is 0 Å². The van der Waals surface area contributed by atoms with E-state index in [1.807, 2.05) is 13.8 Å². The van der Waals surface area contributed by atoms with Gasteiger partial charge in [0.25, 0.3) is 0 Å². The van der Waals surface area contributed by atoms with Gasteiger partial charge in [-0.25, -0.2) is 4.79 Å². The third-order valence-electron chi connectivity index (χ3n) is 6.75. The van der Waals surface area contributed by atoms with Crippen LogP contribution in [0.15, 0.2) is 0 Å². The highest BCUT2D eigenvalue weighted by Crippen LogP contribution is 2.27. The summed E-state index contributed by atoms with van der Waals surface area (Å²) in [6.07, 6.45) is 22.2. The summed E-state index contributed by atoms with van der Waals surface area (Å²) in [7, 11) is 0. The van der Waals surface area contributed by atoms with E-state index in [1.165, 1.54) is 83.5 Å². The highest BCUT2D eigenvalue weighted by molar-refractivity contribution is 5.89. The second-order valence-electron chi connectivity index (χ2n) is 10.0. The Morgan fingerprint density at radius 1 is 0.812 bits per heavy atom. The van der Waals surface area contributed by atoms with Crippen molar-refractivity contribution in [1.29, 1.82) is 0 Å². The second-order valence-corrected chi connectivity index (χ2v) is 10.0. The molecule has 3 heteroatoms. The molecule has 1 fully saturated rings. The lowest BCUT2D eigenvalue weighted by atomic mass is 9.83. The minimum Gasteiger partial charge on any atom is -0.450 e. The van der Waals surface area contributed by atoms with Crippen LogP contribution < -0.4 is 5.32 Å². The third kappa shape index (κ3) is 15.4. The van der Waals surface area contributed by atoms with Crippen molar-refractivity contribution in [3.63, 3.8) is 0 Å². The van der Waals surface area contributed by atoms with Crippen LogP contribution in [0.1, 0.15) is 130 Å². The molecule has 0 amide bonds. The summed E-state index contributed by atoms with van der Waals surface area (Å²) in [4.78, 5) is 12.0. The molecular formula is C29H50NO2+. The number of quaternary nitrogens is 1. The van der Waals surface area contributed by atoms with Crippen LogP contribution in [0.5, 0.6) is 0 Å². The van der Waals surface area contributed by atoms with Crippen molar-refractivity contribution in [3.05, 3.63) is 0 Å². The first-order valence-electron chi connectivity index (χ1n) is 13.6. The fourth-order valence-corrected chi connectivity index (χ4v) is 4.57. The summed E-state index contributed by atoms with van der Waals surface area (Å²) >= 11 is 0. The van der Waals surface area contributed by atoms with Crippen molar-refractivity contribution in [2.45, 2.75) is 136 Å². The number of hydrogen-bond acceptors (Lipinski definition) is 2. The fraction of sp³-hybridized carbons (Fsp3) is 0.828. The molecule has 0 radical (unpaired) electrons. The summed E-state index contributed by atoms with van der Waals surface area (Å²) in [5.74, 6) is 11.1. The van der Waals surface area contributed by atoms with Crippen molar-refractivity contribution >= 4 is 5.97 Å². The highest BCUT2D eigenvalue weighted by Gasteiger charge is 2.34. The van der Waals surface area contributed by atoms with E-state index in [0.717, 1.165) is 38.8 Å². The third-order valence-corrected chi connectivity index (χ3v) is 6.75. The molecular weight excluding hydrogens is 394 g/mol. The lowest BCUT2D eigenvalue weighted by Crippen LogP contribution is -2.86. The molecule has 0 unspecified atom stereocenters. The Hall–Kier alpha value is -1.45. The van der Waals surface area contributed by atoms with Gasteiger partial charge in [-0.05, 0) is 32.1 Å². The molecule has 0 aromatic carbocycles. The van der Waals surface area contributed by atoms with Gasteiger partial charge < -0.3 is 10.1 Å². The average molecular weight is 445 g/mol. The van der Waals surface area contributed by atoms with Crippen LogP contribution in [0.3, 0.4) is 0 Å². The van der Waals surface area contributed by atoms with Gasteiger partial charge in [-0.15, -0.1) is 0 Å². The quantitative estimate of drug-likeness (QED) is 0.134. The van der Waals surface area contributed by atoms with Crippen molar-refractivity contribution in [3.8, 4) is 23.7 Å². The average Bonchev–Trinajstić information content (AvgIpc) is 2.78. The molecule has 32 heavy (non-hydrogen) atoms. The molecule has 1 heterocycles. The zero-order valence-electron chi connectivity index (χ0n) is 21.4. The van der Waals surface area contributed by atoms with Crippen molar-refractivity contribution in [1.82, 2.24) is 0 Å². The SMILES string of the molecule is CCCCCCCCCCCCCCCCC#CC#CC(=O)OC(C)(C)C1CC[NH2+]CC1. The number of unbranched alkanes of at least 4 members (excludes halogenated alkanes) is 14. The number of piperidine rings is 1. The maximum absolute atomic E-state index is 12.0. The highest BCUT2D eigenvalue weighted by atomic mass is 16.6. The molecule has 3 nitrogen and oxygen atoms in total. The predicted molar refractivity (Wildman–Crippen MR) is 135 cm³/mol. The fourth-order valence-electron chi connectivity index (χ4n) is 4.57. The van der Waals surface area contributed by atoms with Gasteiger partial charge in [-0.1, -0.05) is 96.3 Å². The molecule has 182 valence electrons. The lowest BCUT2D eigenvalue weighted by molar-refractivity contribution is -0.665. The Bertz CT molecular complexity index is 596. The van der Waals surface area contributed by atoms with Crippen LogP contribution in [-0.2, 0) is 9.53 Å². The maximum atomic E-state index is 12.0. The van der Waals surface area contributed by atoms with Gasteiger partial charge in [0.1, 0.15) is 5.60 Å². The minimum absolute atomic E-state index is 0.421. The molecule has 0 spiro atoms. The molecule has 1 rings (SSSR count). The number of rotatable bonds is 16. The molecule has 1 aliphatic heterocycles. The standard InChI is InChI=1S/C29H49NO2/c1-4-5-6-7-8-9-10-11-12-13-14-15-16-17-18-19-20-21-22-28(31)32-29(2,3)27-23-25-30-26-24-27/h27,30H,4-18,23-26H2,1-3H3/p+1. The van der Waals surface area contributed by atoms with Gasteiger partial charge in [0.2, 0.25) is 0 Å². The van der Waals surface area contributed by atoms with Crippen LogP contribution in [0.25, 0.3) is 0 Å². The van der Waals surface area contributed by atoms with Crippen molar-refractivity contribution in [2.24, 2.45) is 5.92 Å². The summed E-state index contributed by atoms with van der Waals surface area (Å²) in [6.45, 7) is 8.51. The second kappa shape index (κ2) is 19.1. The normalized spacial score (nSPS) is 14.2. The Morgan fingerprint density at radius 3 is 1.84 bits per heavy atom. The summed E-state index contributed by atoms with van der Waals surface area (Å²) in [5.41, 5.74) is -0.443. The smallest absolute Gasteiger partial charge is 0.385 e. The van der Waals surface area contributed by atoms with Gasteiger partial charge in [0.15, 0.2) is 0 Å². The van der Waals surface area contributed by atoms with Gasteiger partial charge in [-0.2, -0.15) is 0 Å². The van der Waals surface area contributed by atoms with Gasteiger partial charge in [0.05, 0.1) is 13.1 Å². The zero-order valence-corrected chi connectivity index (χ0v) is 21.4. The molecule has 0 aliphatic carbocycles. The predicted octanol–water partition coefficient (Wildman–Crippen LogP) is 6.16. The molecule has 0 aromatic rings. The topological polar surface area (TPSA) is 42.9 Å². The van der Waals surface area contributed by atoms with Crippen LogP contribution in [0.2, 0.25) is 0 Å². The first-order valence-corrected chi connectivity index (χ1v) is 13.6. The summed E-state index contributed by atoms with van der Waals surface area (Å²) in [6, 6.07) is 0. The van der Waals surface area contributed by atoms with Gasteiger partial charge in [-0.3, -0.25) is 0 Å². The molecule has 0 bridgehead atoms. The largest absolute Gasteiger partial charge is 0.450 e. The number of nitrogens with two attached hydrogens (primary N) is 1. The van der Waals surface area contributed by atoms with E-state index >= 15 is 0 Å². The van der Waals surface area contributed by atoms with Crippen molar-refractivity contribution < 1.29 is 14.8 Å². The van der Waals surface area contributed by atoms with E-state index < -0.39 is 11.6 Å². The Labute approximate surface area is 199 Å². The van der Waals surface area contributed by atoms with Crippen molar-refractivity contribution in [2.75, 3.05) is 13.1 Å². The summed E-state index contributed by atoms with van der Waals surface area (Å²) < 4.78 is 5.62. The Kier molecular flexibility index (Phi) is 17.0. The maximum Gasteiger partial charge on any atom is 0.385 e. The number of carbonyl (C=O) groups excluding carboxylic acids is 1. The van der Waals surface area contributed by atoms with E-state index in [4.69, 9.17) is 4.74 Å². The number of carbonyl (C=O) groups is 1. The molecule has 2 N–H and O–H groups in total. The Balaban J connectivity index is 1.96. The van der Waals surface area contributed by atoms with Crippen LogP contribution in [0.4, 0.5) is 0 Å². The Morgan fingerprint density at radius 2 is 1.31 bits per heavy atom. The van der Waals surface area contributed by atoms with E-state index in [2.05, 4.69) is 35.9 Å². The van der Waals surface area contributed by atoms with E-state index in [9.17, 15) is 4.79 Å². The van der Waals surface area contributed by atoms with Gasteiger partial charge >= 0.3 is 5.97 Å². The monoisotopic (exact) mass is 444 g/mol.